The Morgan fingerprint density at radius 1 is 1.22 bits per heavy atom. The van der Waals surface area contributed by atoms with Crippen molar-refractivity contribution < 1.29 is 23.1 Å². The maximum atomic E-state index is 13.1. The number of carbonyl (C=O) groups excluding carboxylic acids is 2. The number of hydrogen-bond donors (Lipinski definition) is 1. The Hall–Kier alpha value is -2.53. The lowest BCUT2D eigenvalue weighted by molar-refractivity contribution is -0.0230. The summed E-state index contributed by atoms with van der Waals surface area (Å²) in [4.78, 5) is 34.9. The lowest BCUT2D eigenvalue weighted by atomic mass is 9.84. The molecule has 0 saturated heterocycles. The molecule has 2 amide bonds. The predicted octanol–water partition coefficient (Wildman–Crippen LogP) is 3.80. The highest BCUT2D eigenvalue weighted by atomic mass is 32.1. The van der Waals surface area contributed by atoms with Gasteiger partial charge in [0.05, 0.1) is 5.69 Å². The van der Waals surface area contributed by atoms with Crippen molar-refractivity contribution in [2.24, 2.45) is 5.92 Å². The van der Waals surface area contributed by atoms with Gasteiger partial charge < -0.3 is 19.5 Å². The summed E-state index contributed by atoms with van der Waals surface area (Å²) in [6, 6.07) is 3.67. The third kappa shape index (κ3) is 6.14. The number of carbonyl (C=O) groups is 2. The highest BCUT2D eigenvalue weighted by Crippen LogP contribution is 2.32. The van der Waals surface area contributed by atoms with Crippen molar-refractivity contribution in [2.45, 2.75) is 70.5 Å². The Bertz CT molecular complexity index is 1140. The summed E-state index contributed by atoms with van der Waals surface area (Å²) in [6.07, 6.45) is 6.07. The summed E-state index contributed by atoms with van der Waals surface area (Å²) in [7, 11) is 1.78. The topological polar surface area (TPSA) is 79.7 Å². The highest BCUT2D eigenvalue weighted by molar-refractivity contribution is 7.13. The van der Waals surface area contributed by atoms with Crippen molar-refractivity contribution in [3.8, 4) is 5.19 Å². The SMILES string of the molecule is CN1CCn2c(C(=O)N[C@H]3CC[C@H](CCN4CCc5sc(OCC(C)(F)F)nc5C4)CC3)ccc2C1=O. The second-order valence-electron chi connectivity index (χ2n) is 10.7. The fourth-order valence-corrected chi connectivity index (χ4v) is 6.44. The second-order valence-corrected chi connectivity index (χ2v) is 11.7. The largest absolute Gasteiger partial charge is 0.464 e. The van der Waals surface area contributed by atoms with Gasteiger partial charge >= 0.3 is 0 Å². The molecule has 8 nitrogen and oxygen atoms in total. The van der Waals surface area contributed by atoms with Crippen LogP contribution in [-0.2, 0) is 19.5 Å². The molecule has 2 aromatic rings. The summed E-state index contributed by atoms with van der Waals surface area (Å²) < 4.78 is 33.2. The Labute approximate surface area is 220 Å². The summed E-state index contributed by atoms with van der Waals surface area (Å²) >= 11 is 1.39. The van der Waals surface area contributed by atoms with Crippen LogP contribution in [0.2, 0.25) is 0 Å². The van der Waals surface area contributed by atoms with Crippen LogP contribution in [0.25, 0.3) is 0 Å². The average Bonchev–Trinajstić information content (AvgIpc) is 3.48. The first-order chi connectivity index (χ1) is 17.7. The molecule has 2 aromatic heterocycles. The third-order valence-corrected chi connectivity index (χ3v) is 8.78. The quantitative estimate of drug-likeness (QED) is 0.556. The van der Waals surface area contributed by atoms with Crippen molar-refractivity contribution in [2.75, 3.05) is 33.3 Å². The molecule has 0 radical (unpaired) electrons. The lowest BCUT2D eigenvalue weighted by Crippen LogP contribution is -2.41. The van der Waals surface area contributed by atoms with Gasteiger partial charge in [0, 0.05) is 51.1 Å². The Morgan fingerprint density at radius 2 is 2.00 bits per heavy atom. The number of halogens is 2. The standard InChI is InChI=1S/C26H35F2N5O3S/c1-26(27,28)16-36-25-30-19-15-32(12-10-22(19)37-25)11-9-17-3-5-18(6-4-17)29-23(34)20-7-8-21-24(35)31(2)13-14-33(20)21/h7-8,17-18H,3-6,9-16H2,1-2H3,(H,29,34)/t17-,18-. The van der Waals surface area contributed by atoms with Crippen LogP contribution in [0.4, 0.5) is 8.78 Å². The molecule has 1 saturated carbocycles. The van der Waals surface area contributed by atoms with Crippen LogP contribution in [0.1, 0.15) is 70.6 Å². The van der Waals surface area contributed by atoms with Gasteiger partial charge in [0.15, 0.2) is 6.61 Å². The van der Waals surface area contributed by atoms with Gasteiger partial charge in [0.2, 0.25) is 0 Å². The monoisotopic (exact) mass is 535 g/mol. The molecule has 202 valence electrons. The molecule has 0 atom stereocenters. The van der Waals surface area contributed by atoms with E-state index in [2.05, 4.69) is 15.2 Å². The fraction of sp³-hybridized carbons (Fsp3) is 0.654. The van der Waals surface area contributed by atoms with Crippen LogP contribution < -0.4 is 10.1 Å². The predicted molar refractivity (Wildman–Crippen MR) is 136 cm³/mol. The first-order valence-corrected chi connectivity index (χ1v) is 14.0. The number of alkyl halides is 2. The fourth-order valence-electron chi connectivity index (χ4n) is 5.53. The molecule has 1 aliphatic carbocycles. The maximum Gasteiger partial charge on any atom is 0.278 e. The molecule has 0 aromatic carbocycles. The van der Waals surface area contributed by atoms with E-state index in [1.54, 1.807) is 24.1 Å². The normalized spacial score (nSPS) is 22.5. The maximum absolute atomic E-state index is 13.1. The first-order valence-electron chi connectivity index (χ1n) is 13.1. The Balaban J connectivity index is 1.05. The van der Waals surface area contributed by atoms with Gasteiger partial charge in [-0.2, -0.15) is 0 Å². The van der Waals surface area contributed by atoms with E-state index >= 15 is 0 Å². The van der Waals surface area contributed by atoms with Crippen LogP contribution in [-0.4, -0.2) is 76.4 Å². The van der Waals surface area contributed by atoms with E-state index in [0.717, 1.165) is 75.7 Å². The van der Waals surface area contributed by atoms with Gasteiger partial charge in [0.1, 0.15) is 11.4 Å². The molecule has 2 aliphatic heterocycles. The molecule has 11 heteroatoms. The number of aromatic nitrogens is 2. The number of amides is 2. The van der Waals surface area contributed by atoms with Gasteiger partial charge in [-0.25, -0.2) is 13.8 Å². The van der Waals surface area contributed by atoms with Crippen molar-refractivity contribution in [3.05, 3.63) is 34.1 Å². The van der Waals surface area contributed by atoms with Crippen molar-refractivity contribution in [1.82, 2.24) is 24.7 Å². The number of rotatable bonds is 8. The minimum absolute atomic E-state index is 0.0413. The van der Waals surface area contributed by atoms with Crippen molar-refractivity contribution >= 4 is 23.2 Å². The molecule has 5 rings (SSSR count). The minimum atomic E-state index is -2.86. The summed E-state index contributed by atoms with van der Waals surface area (Å²) in [5.41, 5.74) is 2.11. The molecule has 0 bridgehead atoms. The zero-order valence-corrected chi connectivity index (χ0v) is 22.3. The van der Waals surface area contributed by atoms with Gasteiger partial charge in [-0.3, -0.25) is 14.5 Å². The van der Waals surface area contributed by atoms with Gasteiger partial charge in [0.25, 0.3) is 22.9 Å². The van der Waals surface area contributed by atoms with E-state index < -0.39 is 12.5 Å². The Morgan fingerprint density at radius 3 is 2.76 bits per heavy atom. The molecular formula is C26H35F2N5O3S. The molecule has 4 heterocycles. The zero-order valence-electron chi connectivity index (χ0n) is 21.5. The van der Waals surface area contributed by atoms with E-state index in [0.29, 0.717) is 35.6 Å². The number of ether oxygens (including phenoxy) is 1. The number of nitrogens with one attached hydrogen (secondary N) is 1. The second kappa shape index (κ2) is 10.7. The molecule has 37 heavy (non-hydrogen) atoms. The molecule has 1 fully saturated rings. The summed E-state index contributed by atoms with van der Waals surface area (Å²) in [6.45, 7) is 4.13. The van der Waals surface area contributed by atoms with E-state index in [1.165, 1.54) is 11.3 Å². The van der Waals surface area contributed by atoms with E-state index in [4.69, 9.17) is 4.74 Å². The lowest BCUT2D eigenvalue weighted by Gasteiger charge is -2.32. The van der Waals surface area contributed by atoms with E-state index in [-0.39, 0.29) is 17.9 Å². The van der Waals surface area contributed by atoms with Crippen LogP contribution in [0.15, 0.2) is 12.1 Å². The summed E-state index contributed by atoms with van der Waals surface area (Å²) in [5.74, 6) is -2.37. The number of thiazole rings is 1. The van der Waals surface area contributed by atoms with Crippen LogP contribution in [0.3, 0.4) is 0 Å². The van der Waals surface area contributed by atoms with Crippen LogP contribution in [0.5, 0.6) is 5.19 Å². The molecule has 0 unspecified atom stereocenters. The van der Waals surface area contributed by atoms with Gasteiger partial charge in [-0.05, 0) is 63.1 Å². The van der Waals surface area contributed by atoms with Crippen molar-refractivity contribution in [1.29, 1.82) is 0 Å². The van der Waals surface area contributed by atoms with Crippen LogP contribution in [0, 0.1) is 5.92 Å². The number of likely N-dealkylation sites (N-methyl/N-ethyl adjacent to an activating group) is 1. The zero-order chi connectivity index (χ0) is 26.2. The molecule has 3 aliphatic rings. The minimum Gasteiger partial charge on any atom is -0.464 e. The molecule has 0 spiro atoms. The summed E-state index contributed by atoms with van der Waals surface area (Å²) in [5, 5.41) is 3.54. The number of fused-ring (bicyclic) bond motifs is 2. The highest BCUT2D eigenvalue weighted by Gasteiger charge is 2.29. The smallest absolute Gasteiger partial charge is 0.278 e. The number of nitrogens with zero attached hydrogens (tertiary/aromatic N) is 4. The molecular weight excluding hydrogens is 500 g/mol. The van der Waals surface area contributed by atoms with Crippen LogP contribution >= 0.6 is 11.3 Å². The number of hydrogen-bond acceptors (Lipinski definition) is 6. The van der Waals surface area contributed by atoms with Gasteiger partial charge in [-0.15, -0.1) is 0 Å². The first kappa shape index (κ1) is 26.1. The Kier molecular flexibility index (Phi) is 7.53. The van der Waals surface area contributed by atoms with E-state index in [9.17, 15) is 18.4 Å². The average molecular weight is 536 g/mol. The molecule has 1 N–H and O–H groups in total. The van der Waals surface area contributed by atoms with Crippen molar-refractivity contribution in [3.63, 3.8) is 0 Å². The van der Waals surface area contributed by atoms with Gasteiger partial charge in [-0.1, -0.05) is 11.3 Å². The third-order valence-electron chi connectivity index (χ3n) is 7.71. The van der Waals surface area contributed by atoms with E-state index in [1.807, 2.05) is 4.57 Å².